The second-order valence-electron chi connectivity index (χ2n) is 4.04. The predicted molar refractivity (Wildman–Crippen MR) is 59.7 cm³/mol. The first kappa shape index (κ1) is 15.3. The minimum absolute atomic E-state index is 0.177. The van der Waals surface area contributed by atoms with Crippen LogP contribution in [0.4, 0.5) is 0 Å². The van der Waals surface area contributed by atoms with Crippen LogP contribution in [0.25, 0.3) is 0 Å². The molecule has 1 unspecified atom stereocenters. The van der Waals surface area contributed by atoms with Crippen molar-refractivity contribution in [2.45, 2.75) is 32.0 Å². The molecule has 0 saturated heterocycles. The minimum Gasteiger partial charge on any atom is -0.381 e. The van der Waals surface area contributed by atoms with Crippen LogP contribution in [0.1, 0.15) is 20.3 Å². The lowest BCUT2D eigenvalue weighted by atomic mass is 10.1. The van der Waals surface area contributed by atoms with Crippen molar-refractivity contribution in [2.24, 2.45) is 5.84 Å². The van der Waals surface area contributed by atoms with Crippen LogP contribution < -0.4 is 11.3 Å². The van der Waals surface area contributed by atoms with E-state index < -0.39 is 12.0 Å². The molecule has 0 spiro atoms. The summed E-state index contributed by atoms with van der Waals surface area (Å²) in [4.78, 5) is 11.3. The Morgan fingerprint density at radius 2 is 2.06 bits per heavy atom. The van der Waals surface area contributed by atoms with E-state index >= 15 is 0 Å². The van der Waals surface area contributed by atoms with E-state index in [-0.39, 0.29) is 12.2 Å². The van der Waals surface area contributed by atoms with Crippen LogP contribution in [0.5, 0.6) is 0 Å². The number of hydrogen-bond donors (Lipinski definition) is 2. The van der Waals surface area contributed by atoms with Gasteiger partial charge in [0, 0.05) is 14.2 Å². The van der Waals surface area contributed by atoms with Crippen molar-refractivity contribution in [1.29, 1.82) is 0 Å². The summed E-state index contributed by atoms with van der Waals surface area (Å²) in [6.07, 6.45) is 0.00401. The van der Waals surface area contributed by atoms with E-state index in [2.05, 4.69) is 0 Å². The van der Waals surface area contributed by atoms with Gasteiger partial charge in [-0.05, 0) is 20.3 Å². The number of nitrogens with two attached hydrogens (primary N) is 1. The first-order valence-electron chi connectivity index (χ1n) is 5.13. The summed E-state index contributed by atoms with van der Waals surface area (Å²) in [5, 5.41) is 0. The number of carbonyl (C=O) groups excluding carboxylic acids is 1. The fourth-order valence-electron chi connectivity index (χ4n) is 0.993. The highest BCUT2D eigenvalue weighted by molar-refractivity contribution is 5.80. The monoisotopic (exact) mass is 234 g/mol. The molecule has 0 saturated carbocycles. The predicted octanol–water partition coefficient (Wildman–Crippen LogP) is -0.177. The largest absolute Gasteiger partial charge is 0.381 e. The molecule has 0 aliphatic carbocycles. The molecule has 3 N–H and O–H groups in total. The number of ether oxygens (including phenoxy) is 3. The highest BCUT2D eigenvalue weighted by atomic mass is 16.5. The van der Waals surface area contributed by atoms with Crippen LogP contribution in [0.3, 0.4) is 0 Å². The van der Waals surface area contributed by atoms with Gasteiger partial charge in [-0.25, -0.2) is 5.84 Å². The number of nitrogens with one attached hydrogen (secondary N) is 1. The zero-order chi connectivity index (χ0) is 12.6. The molecular weight excluding hydrogens is 212 g/mol. The normalized spacial score (nSPS) is 13.6. The third kappa shape index (κ3) is 6.02. The Kier molecular flexibility index (Phi) is 7.24. The zero-order valence-electron chi connectivity index (χ0n) is 10.4. The summed E-state index contributed by atoms with van der Waals surface area (Å²) in [5.41, 5.74) is 1.77. The van der Waals surface area contributed by atoms with Gasteiger partial charge in [0.25, 0.3) is 5.91 Å². The Hall–Kier alpha value is -0.690. The van der Waals surface area contributed by atoms with Crippen LogP contribution in [0.2, 0.25) is 0 Å². The van der Waals surface area contributed by atoms with Gasteiger partial charge in [0.1, 0.15) is 0 Å². The molecule has 0 bridgehead atoms. The van der Waals surface area contributed by atoms with Crippen molar-refractivity contribution in [3.8, 4) is 0 Å². The lowest BCUT2D eigenvalue weighted by Gasteiger charge is -2.24. The van der Waals surface area contributed by atoms with Crippen molar-refractivity contribution in [1.82, 2.24) is 5.43 Å². The molecule has 0 heterocycles. The maximum atomic E-state index is 11.3. The van der Waals surface area contributed by atoms with Gasteiger partial charge in [-0.15, -0.1) is 0 Å². The van der Waals surface area contributed by atoms with Crippen molar-refractivity contribution in [3.63, 3.8) is 0 Å². The fraction of sp³-hybridized carbons (Fsp3) is 0.900. The summed E-state index contributed by atoms with van der Waals surface area (Å²) >= 11 is 0. The van der Waals surface area contributed by atoms with E-state index in [1.807, 2.05) is 19.3 Å². The van der Waals surface area contributed by atoms with Crippen LogP contribution >= 0.6 is 0 Å². The molecule has 6 heteroatoms. The summed E-state index contributed by atoms with van der Waals surface area (Å²) in [7, 11) is 3.14. The minimum atomic E-state index is -0.678. The first-order valence-corrected chi connectivity index (χ1v) is 5.13. The summed E-state index contributed by atoms with van der Waals surface area (Å²) in [5.74, 6) is 4.64. The molecule has 0 aromatic carbocycles. The Labute approximate surface area is 96.4 Å². The molecule has 96 valence electrons. The Morgan fingerprint density at radius 3 is 2.50 bits per heavy atom. The van der Waals surface area contributed by atoms with Crippen LogP contribution in [-0.2, 0) is 19.0 Å². The third-order valence-corrected chi connectivity index (χ3v) is 2.33. The molecule has 0 aliphatic rings. The van der Waals surface area contributed by atoms with Crippen LogP contribution in [-0.4, -0.2) is 45.0 Å². The molecule has 0 radical (unpaired) electrons. The van der Waals surface area contributed by atoms with Gasteiger partial charge in [0.15, 0.2) is 6.10 Å². The number of rotatable bonds is 8. The Bertz CT molecular complexity index is 209. The molecular formula is C10H22N2O4. The topological polar surface area (TPSA) is 82.8 Å². The highest BCUT2D eigenvalue weighted by Gasteiger charge is 2.21. The number of carbonyl (C=O) groups is 1. The van der Waals surface area contributed by atoms with Gasteiger partial charge in [-0.1, -0.05) is 0 Å². The smallest absolute Gasteiger partial charge is 0.265 e. The van der Waals surface area contributed by atoms with Crippen molar-refractivity contribution < 1.29 is 19.0 Å². The van der Waals surface area contributed by atoms with Gasteiger partial charge in [-0.2, -0.15) is 0 Å². The van der Waals surface area contributed by atoms with Gasteiger partial charge in [-0.3, -0.25) is 10.2 Å². The van der Waals surface area contributed by atoms with Crippen molar-refractivity contribution in [3.05, 3.63) is 0 Å². The van der Waals surface area contributed by atoms with E-state index in [0.717, 1.165) is 0 Å². The average molecular weight is 234 g/mol. The molecule has 16 heavy (non-hydrogen) atoms. The van der Waals surface area contributed by atoms with Crippen molar-refractivity contribution >= 4 is 5.91 Å². The number of amides is 1. The van der Waals surface area contributed by atoms with Crippen LogP contribution in [0.15, 0.2) is 0 Å². The SMILES string of the molecule is COCC(OCCC(C)(C)OC)C(=O)NN. The quantitative estimate of drug-likeness (QED) is 0.346. The van der Waals surface area contributed by atoms with E-state index in [1.165, 1.54) is 7.11 Å². The molecule has 0 aromatic heterocycles. The zero-order valence-corrected chi connectivity index (χ0v) is 10.4. The van der Waals surface area contributed by atoms with E-state index in [4.69, 9.17) is 20.1 Å². The summed E-state index contributed by atoms with van der Waals surface area (Å²) in [6.45, 7) is 4.48. The standard InChI is InChI=1S/C10H22N2O4/c1-10(2,15-4)5-6-16-8(7-14-3)9(13)12-11/h8H,5-7,11H2,1-4H3,(H,12,13). The number of hydrazine groups is 1. The second kappa shape index (κ2) is 7.56. The number of methoxy groups -OCH3 is 2. The first-order chi connectivity index (χ1) is 7.46. The molecule has 1 atom stereocenters. The van der Waals surface area contributed by atoms with Crippen LogP contribution in [0, 0.1) is 0 Å². The van der Waals surface area contributed by atoms with Gasteiger partial charge in [0.05, 0.1) is 18.8 Å². The molecule has 1 amide bonds. The second-order valence-corrected chi connectivity index (χ2v) is 4.04. The molecule has 0 rings (SSSR count). The summed E-state index contributed by atoms with van der Waals surface area (Å²) < 4.78 is 15.5. The summed E-state index contributed by atoms with van der Waals surface area (Å²) in [6, 6.07) is 0. The fourth-order valence-corrected chi connectivity index (χ4v) is 0.993. The third-order valence-electron chi connectivity index (χ3n) is 2.33. The van der Waals surface area contributed by atoms with Gasteiger partial charge < -0.3 is 14.2 Å². The van der Waals surface area contributed by atoms with E-state index in [9.17, 15) is 4.79 Å². The maximum Gasteiger partial charge on any atom is 0.265 e. The Morgan fingerprint density at radius 1 is 1.44 bits per heavy atom. The van der Waals surface area contributed by atoms with Gasteiger partial charge >= 0.3 is 0 Å². The Balaban J connectivity index is 3.98. The van der Waals surface area contributed by atoms with Gasteiger partial charge in [0.2, 0.25) is 0 Å². The average Bonchev–Trinajstić information content (AvgIpc) is 2.27. The lowest BCUT2D eigenvalue weighted by molar-refractivity contribution is -0.137. The molecule has 0 aliphatic heterocycles. The van der Waals surface area contributed by atoms with E-state index in [1.54, 1.807) is 7.11 Å². The number of hydrogen-bond acceptors (Lipinski definition) is 5. The highest BCUT2D eigenvalue weighted by Crippen LogP contribution is 2.13. The lowest BCUT2D eigenvalue weighted by Crippen LogP contribution is -2.43. The van der Waals surface area contributed by atoms with E-state index in [0.29, 0.717) is 13.0 Å². The molecule has 0 aromatic rings. The molecule has 0 fully saturated rings. The maximum absolute atomic E-state index is 11.3. The molecule has 6 nitrogen and oxygen atoms in total. The van der Waals surface area contributed by atoms with Crippen molar-refractivity contribution in [2.75, 3.05) is 27.4 Å².